The molecular weight excluding hydrogens is 332 g/mol. The normalized spacial score (nSPS) is 19.3. The molecule has 0 radical (unpaired) electrons. The Morgan fingerprint density at radius 1 is 1.15 bits per heavy atom. The second-order valence-electron chi connectivity index (χ2n) is 6.60. The molecule has 1 aromatic heterocycles. The van der Waals surface area contributed by atoms with E-state index in [0.29, 0.717) is 17.3 Å². The molecule has 1 unspecified atom stereocenters. The van der Waals surface area contributed by atoms with E-state index in [4.69, 9.17) is 0 Å². The average Bonchev–Trinajstić information content (AvgIpc) is 2.68. The van der Waals surface area contributed by atoms with E-state index in [1.807, 2.05) is 35.2 Å². The molecule has 2 aromatic rings. The van der Waals surface area contributed by atoms with E-state index in [1.165, 1.54) is 6.42 Å². The molecule has 0 spiro atoms. The van der Waals surface area contributed by atoms with Gasteiger partial charge in [0.05, 0.1) is 5.56 Å². The summed E-state index contributed by atoms with van der Waals surface area (Å²) >= 11 is 0. The van der Waals surface area contributed by atoms with Crippen molar-refractivity contribution in [2.45, 2.75) is 25.2 Å². The molecule has 26 heavy (non-hydrogen) atoms. The second-order valence-corrected chi connectivity index (χ2v) is 6.60. The standard InChI is InChI=1S/C19H20N4O3/c24-17-15-13(12-7-3-1-4-8-12)11-14(18(25)26)20-16(15)21-19(22-17)23-9-5-2-6-10-23/h1,3-4,7-8,11,13H,2,5-6,9-10H2,(H,25,26)(H2,20,21,22,24). The highest BCUT2D eigenvalue weighted by molar-refractivity contribution is 5.91. The lowest BCUT2D eigenvalue weighted by Gasteiger charge is -2.29. The first kappa shape index (κ1) is 16.4. The Morgan fingerprint density at radius 2 is 1.88 bits per heavy atom. The van der Waals surface area contributed by atoms with Crippen molar-refractivity contribution in [3.05, 3.63) is 63.6 Å². The van der Waals surface area contributed by atoms with Crippen molar-refractivity contribution < 1.29 is 9.90 Å². The van der Waals surface area contributed by atoms with Crippen LogP contribution in [0.5, 0.6) is 0 Å². The number of aliphatic carboxylic acids is 1. The van der Waals surface area contributed by atoms with Crippen molar-refractivity contribution in [1.29, 1.82) is 0 Å². The molecule has 1 saturated heterocycles. The van der Waals surface area contributed by atoms with E-state index in [1.54, 1.807) is 6.08 Å². The van der Waals surface area contributed by atoms with Crippen LogP contribution < -0.4 is 15.8 Å². The van der Waals surface area contributed by atoms with Crippen LogP contribution in [0, 0.1) is 0 Å². The lowest BCUT2D eigenvalue weighted by atomic mass is 9.89. The second kappa shape index (κ2) is 6.67. The van der Waals surface area contributed by atoms with Gasteiger partial charge >= 0.3 is 5.97 Å². The number of allylic oxidation sites excluding steroid dienone is 1. The largest absolute Gasteiger partial charge is 0.477 e. The summed E-state index contributed by atoms with van der Waals surface area (Å²) in [6, 6.07) is 9.39. The first-order valence-electron chi connectivity index (χ1n) is 8.80. The molecule has 3 heterocycles. The van der Waals surface area contributed by atoms with Gasteiger partial charge < -0.3 is 15.3 Å². The lowest BCUT2D eigenvalue weighted by molar-refractivity contribution is -0.132. The molecule has 0 bridgehead atoms. The van der Waals surface area contributed by atoms with Gasteiger partial charge in [0.1, 0.15) is 11.5 Å². The number of hydrogen-bond acceptors (Lipinski definition) is 5. The van der Waals surface area contributed by atoms with Crippen LogP contribution in [0.3, 0.4) is 0 Å². The number of nitrogens with zero attached hydrogens (tertiary/aromatic N) is 2. The number of carbonyl (C=O) groups is 1. The zero-order valence-corrected chi connectivity index (χ0v) is 14.2. The molecule has 0 amide bonds. The van der Waals surface area contributed by atoms with Crippen LogP contribution in [0.4, 0.5) is 11.8 Å². The summed E-state index contributed by atoms with van der Waals surface area (Å²) in [5.74, 6) is -0.703. The monoisotopic (exact) mass is 352 g/mol. The quantitative estimate of drug-likeness (QED) is 0.784. The fourth-order valence-corrected chi connectivity index (χ4v) is 3.58. The van der Waals surface area contributed by atoms with Gasteiger partial charge in [-0.2, -0.15) is 4.98 Å². The zero-order valence-electron chi connectivity index (χ0n) is 14.2. The number of aromatic amines is 1. The van der Waals surface area contributed by atoms with Crippen molar-refractivity contribution in [2.75, 3.05) is 23.3 Å². The van der Waals surface area contributed by atoms with Crippen LogP contribution in [0.15, 0.2) is 46.9 Å². The van der Waals surface area contributed by atoms with Crippen LogP contribution in [0.25, 0.3) is 0 Å². The molecule has 1 atom stereocenters. The number of fused-ring (bicyclic) bond motifs is 1. The molecule has 0 aliphatic carbocycles. The number of rotatable bonds is 3. The van der Waals surface area contributed by atoms with E-state index in [-0.39, 0.29) is 11.3 Å². The summed E-state index contributed by atoms with van der Waals surface area (Å²) in [6.07, 6.45) is 4.85. The molecule has 1 fully saturated rings. The third-order valence-electron chi connectivity index (χ3n) is 4.88. The molecule has 1 aromatic carbocycles. The predicted molar refractivity (Wildman–Crippen MR) is 98.5 cm³/mol. The van der Waals surface area contributed by atoms with Gasteiger partial charge in [-0.25, -0.2) is 4.79 Å². The average molecular weight is 352 g/mol. The van der Waals surface area contributed by atoms with Gasteiger partial charge in [0.2, 0.25) is 5.95 Å². The van der Waals surface area contributed by atoms with Gasteiger partial charge in [0, 0.05) is 19.0 Å². The Hall–Kier alpha value is -3.09. The van der Waals surface area contributed by atoms with E-state index < -0.39 is 11.9 Å². The highest BCUT2D eigenvalue weighted by Gasteiger charge is 2.29. The Labute approximate surface area is 150 Å². The van der Waals surface area contributed by atoms with Gasteiger partial charge in [-0.05, 0) is 30.9 Å². The van der Waals surface area contributed by atoms with Gasteiger partial charge in [0.15, 0.2) is 0 Å². The number of piperidine rings is 1. The topological polar surface area (TPSA) is 98.3 Å². The maximum Gasteiger partial charge on any atom is 0.352 e. The summed E-state index contributed by atoms with van der Waals surface area (Å²) < 4.78 is 0. The minimum Gasteiger partial charge on any atom is -0.477 e. The Bertz CT molecular complexity index is 914. The van der Waals surface area contributed by atoms with Crippen LogP contribution >= 0.6 is 0 Å². The molecule has 2 aliphatic rings. The minimum absolute atomic E-state index is 0.0362. The number of anilines is 2. The molecule has 0 saturated carbocycles. The molecular formula is C19H20N4O3. The molecule has 3 N–H and O–H groups in total. The van der Waals surface area contributed by atoms with Crippen LogP contribution in [0.1, 0.15) is 36.3 Å². The summed E-state index contributed by atoms with van der Waals surface area (Å²) in [5.41, 5.74) is 1.10. The van der Waals surface area contributed by atoms with Crippen molar-refractivity contribution in [2.24, 2.45) is 0 Å². The SMILES string of the molecule is O=C(O)C1=CC(c2ccccc2)c2c(nc(N3CCCCC3)[nH]c2=O)N1. The van der Waals surface area contributed by atoms with Gasteiger partial charge in [-0.3, -0.25) is 9.78 Å². The van der Waals surface area contributed by atoms with Gasteiger partial charge in [0.25, 0.3) is 5.56 Å². The molecule has 134 valence electrons. The summed E-state index contributed by atoms with van der Waals surface area (Å²) in [5, 5.41) is 12.3. The third kappa shape index (κ3) is 2.96. The van der Waals surface area contributed by atoms with Crippen molar-refractivity contribution in [3.8, 4) is 0 Å². The van der Waals surface area contributed by atoms with Crippen LogP contribution in [-0.2, 0) is 4.79 Å². The number of carboxylic acid groups (broad SMARTS) is 1. The maximum absolute atomic E-state index is 12.8. The van der Waals surface area contributed by atoms with Crippen molar-refractivity contribution in [3.63, 3.8) is 0 Å². The first-order valence-corrected chi connectivity index (χ1v) is 8.80. The van der Waals surface area contributed by atoms with Crippen LogP contribution in [0.2, 0.25) is 0 Å². The van der Waals surface area contributed by atoms with E-state index in [2.05, 4.69) is 15.3 Å². The summed E-state index contributed by atoms with van der Waals surface area (Å²) in [6.45, 7) is 1.68. The summed E-state index contributed by atoms with van der Waals surface area (Å²) in [7, 11) is 0. The zero-order chi connectivity index (χ0) is 18.1. The fraction of sp³-hybridized carbons (Fsp3) is 0.316. The Balaban J connectivity index is 1.82. The molecule has 2 aliphatic heterocycles. The van der Waals surface area contributed by atoms with Gasteiger partial charge in [-0.15, -0.1) is 0 Å². The van der Waals surface area contributed by atoms with Crippen molar-refractivity contribution >= 4 is 17.7 Å². The van der Waals surface area contributed by atoms with Crippen LogP contribution in [-0.4, -0.2) is 34.1 Å². The fourth-order valence-electron chi connectivity index (χ4n) is 3.58. The molecule has 7 heteroatoms. The highest BCUT2D eigenvalue weighted by atomic mass is 16.4. The van der Waals surface area contributed by atoms with Gasteiger partial charge in [-0.1, -0.05) is 30.3 Å². The number of nitrogens with one attached hydrogen (secondary N) is 2. The van der Waals surface area contributed by atoms with E-state index in [0.717, 1.165) is 31.5 Å². The number of hydrogen-bond donors (Lipinski definition) is 3. The van der Waals surface area contributed by atoms with Crippen molar-refractivity contribution in [1.82, 2.24) is 9.97 Å². The maximum atomic E-state index is 12.8. The number of H-pyrrole nitrogens is 1. The van der Waals surface area contributed by atoms with E-state index in [9.17, 15) is 14.7 Å². The Morgan fingerprint density at radius 3 is 2.58 bits per heavy atom. The lowest BCUT2D eigenvalue weighted by Crippen LogP contribution is -2.35. The first-order chi connectivity index (χ1) is 12.6. The Kier molecular flexibility index (Phi) is 4.20. The smallest absolute Gasteiger partial charge is 0.352 e. The van der Waals surface area contributed by atoms with E-state index >= 15 is 0 Å². The third-order valence-corrected chi connectivity index (χ3v) is 4.88. The number of benzene rings is 1. The number of aromatic nitrogens is 2. The predicted octanol–water partition coefficient (Wildman–Crippen LogP) is 2.29. The minimum atomic E-state index is -1.07. The summed E-state index contributed by atoms with van der Waals surface area (Å²) in [4.78, 5) is 33.9. The highest BCUT2D eigenvalue weighted by Crippen LogP contribution is 2.34. The number of carboxylic acids is 1. The molecule has 7 nitrogen and oxygen atoms in total. The molecule has 4 rings (SSSR count).